The topological polar surface area (TPSA) is 93.7 Å². The number of guanidine groups is 1. The number of nitrogens with zero attached hydrogens (tertiary/aromatic N) is 2. The minimum absolute atomic E-state index is 0.154. The molecular weight excluding hydrogens is 400 g/mol. The summed E-state index contributed by atoms with van der Waals surface area (Å²) in [5.41, 5.74) is -1.63. The number of nitrogens with one attached hydrogen (secondary N) is 2. The van der Waals surface area contributed by atoms with Gasteiger partial charge in [0.25, 0.3) is 0 Å². The summed E-state index contributed by atoms with van der Waals surface area (Å²) in [4.78, 5) is 19.4. The van der Waals surface area contributed by atoms with Crippen LogP contribution in [0, 0.1) is 0 Å². The van der Waals surface area contributed by atoms with E-state index < -0.39 is 11.3 Å². The van der Waals surface area contributed by atoms with Gasteiger partial charge >= 0.3 is 6.09 Å². The Labute approximate surface area is 187 Å². The van der Waals surface area contributed by atoms with Gasteiger partial charge in [0.1, 0.15) is 11.3 Å². The number of hydrogen-bond acceptors (Lipinski definition) is 6. The quantitative estimate of drug-likeness (QED) is 0.482. The van der Waals surface area contributed by atoms with Gasteiger partial charge < -0.3 is 29.6 Å². The molecule has 0 aromatic rings. The molecule has 2 aliphatic rings. The minimum Gasteiger partial charge on any atom is -0.444 e. The van der Waals surface area contributed by atoms with E-state index in [0.29, 0.717) is 32.3 Å². The summed E-state index contributed by atoms with van der Waals surface area (Å²) >= 11 is 0. The second kappa shape index (κ2) is 10.4. The highest BCUT2D eigenvalue weighted by Gasteiger charge is 2.49. The van der Waals surface area contributed by atoms with Crippen LogP contribution < -0.4 is 10.6 Å². The average Bonchev–Trinajstić information content (AvgIpc) is 2.91. The van der Waals surface area contributed by atoms with Crippen molar-refractivity contribution in [3.8, 4) is 0 Å². The molecule has 2 aliphatic heterocycles. The Morgan fingerprint density at radius 3 is 2.42 bits per heavy atom. The van der Waals surface area contributed by atoms with Crippen molar-refractivity contribution < 1.29 is 23.7 Å². The molecule has 2 unspecified atom stereocenters. The van der Waals surface area contributed by atoms with E-state index >= 15 is 0 Å². The van der Waals surface area contributed by atoms with Gasteiger partial charge in [-0.2, -0.15) is 0 Å². The van der Waals surface area contributed by atoms with Gasteiger partial charge in [-0.25, -0.2) is 4.79 Å². The first-order valence-electron chi connectivity index (χ1n) is 11.3. The van der Waals surface area contributed by atoms with E-state index in [1.807, 2.05) is 48.5 Å². The van der Waals surface area contributed by atoms with Crippen LogP contribution in [-0.2, 0) is 18.9 Å². The van der Waals surface area contributed by atoms with Crippen molar-refractivity contribution in [1.82, 2.24) is 15.5 Å². The molecule has 9 heteroatoms. The SMILES string of the molecule is CCNC(=NCC1(OC)CCOCC1)NCC1C(C)OC(C)(C)N1C(=O)OC(C)(C)C. The Hall–Kier alpha value is -1.58. The first kappa shape index (κ1) is 25.7. The predicted octanol–water partition coefficient (Wildman–Crippen LogP) is 2.50. The maximum absolute atomic E-state index is 12.9. The number of carbonyl (C=O) groups is 1. The van der Waals surface area contributed by atoms with Gasteiger partial charge in [0, 0.05) is 46.3 Å². The summed E-state index contributed by atoms with van der Waals surface area (Å²) in [5.74, 6) is 0.687. The van der Waals surface area contributed by atoms with Gasteiger partial charge in [-0.3, -0.25) is 9.89 Å². The van der Waals surface area contributed by atoms with Crippen LogP contribution in [0.1, 0.15) is 61.3 Å². The molecule has 1 amide bonds. The summed E-state index contributed by atoms with van der Waals surface area (Å²) in [6, 6.07) is -0.201. The number of amides is 1. The number of methoxy groups -OCH3 is 1. The third kappa shape index (κ3) is 6.95. The fourth-order valence-corrected chi connectivity index (χ4v) is 4.06. The number of carbonyl (C=O) groups excluding carboxylic acids is 1. The van der Waals surface area contributed by atoms with Crippen LogP contribution in [-0.4, -0.2) is 86.0 Å². The lowest BCUT2D eigenvalue weighted by Crippen LogP contribution is -2.54. The fourth-order valence-electron chi connectivity index (χ4n) is 4.06. The van der Waals surface area contributed by atoms with Crippen molar-refractivity contribution in [3.63, 3.8) is 0 Å². The molecule has 0 aromatic carbocycles. The molecule has 2 rings (SSSR count). The first-order chi connectivity index (χ1) is 14.4. The van der Waals surface area contributed by atoms with Crippen molar-refractivity contribution in [3.05, 3.63) is 0 Å². The molecule has 31 heavy (non-hydrogen) atoms. The Kier molecular flexibility index (Phi) is 8.58. The van der Waals surface area contributed by atoms with E-state index in [-0.39, 0.29) is 23.8 Å². The van der Waals surface area contributed by atoms with Crippen LogP contribution in [0.2, 0.25) is 0 Å². The molecule has 2 heterocycles. The molecule has 2 atom stereocenters. The van der Waals surface area contributed by atoms with Crippen molar-refractivity contribution in [2.24, 2.45) is 4.99 Å². The van der Waals surface area contributed by atoms with Crippen molar-refractivity contribution in [2.45, 2.75) is 90.4 Å². The lowest BCUT2D eigenvalue weighted by atomic mass is 9.94. The second-order valence-electron chi connectivity index (χ2n) is 9.76. The Morgan fingerprint density at radius 2 is 1.87 bits per heavy atom. The average molecular weight is 443 g/mol. The van der Waals surface area contributed by atoms with Crippen LogP contribution in [0.25, 0.3) is 0 Å². The molecule has 0 bridgehead atoms. The molecule has 2 fully saturated rings. The number of ether oxygens (including phenoxy) is 4. The van der Waals surface area contributed by atoms with Crippen molar-refractivity contribution >= 4 is 12.1 Å². The van der Waals surface area contributed by atoms with Gasteiger partial charge in [0.05, 0.1) is 24.3 Å². The highest BCUT2D eigenvalue weighted by atomic mass is 16.6. The van der Waals surface area contributed by atoms with E-state index in [9.17, 15) is 4.79 Å². The number of aliphatic imine (C=N–C) groups is 1. The van der Waals surface area contributed by atoms with Crippen LogP contribution in [0.15, 0.2) is 4.99 Å². The summed E-state index contributed by atoms with van der Waals surface area (Å²) in [5, 5.41) is 6.66. The van der Waals surface area contributed by atoms with Gasteiger partial charge in [-0.05, 0) is 48.5 Å². The molecule has 180 valence electrons. The highest BCUT2D eigenvalue weighted by molar-refractivity contribution is 5.80. The molecule has 9 nitrogen and oxygen atoms in total. The maximum atomic E-state index is 12.9. The van der Waals surface area contributed by atoms with Crippen LogP contribution >= 0.6 is 0 Å². The molecule has 2 N–H and O–H groups in total. The maximum Gasteiger partial charge on any atom is 0.412 e. The second-order valence-corrected chi connectivity index (χ2v) is 9.76. The fraction of sp³-hybridized carbons (Fsp3) is 0.909. The molecule has 0 spiro atoms. The third-order valence-electron chi connectivity index (χ3n) is 5.70. The van der Waals surface area contributed by atoms with E-state index in [1.54, 1.807) is 12.0 Å². The van der Waals surface area contributed by atoms with Crippen molar-refractivity contribution in [1.29, 1.82) is 0 Å². The lowest BCUT2D eigenvalue weighted by Gasteiger charge is -2.35. The smallest absolute Gasteiger partial charge is 0.412 e. The Morgan fingerprint density at radius 1 is 1.23 bits per heavy atom. The first-order valence-corrected chi connectivity index (χ1v) is 11.3. The molecule has 0 aromatic heterocycles. The summed E-state index contributed by atoms with van der Waals surface area (Å²) in [7, 11) is 1.74. The van der Waals surface area contributed by atoms with E-state index in [4.69, 9.17) is 23.9 Å². The van der Waals surface area contributed by atoms with Crippen LogP contribution in [0.4, 0.5) is 4.79 Å². The summed E-state index contributed by atoms with van der Waals surface area (Å²) in [6.07, 6.45) is 1.11. The van der Waals surface area contributed by atoms with Gasteiger partial charge in [0.2, 0.25) is 0 Å². The van der Waals surface area contributed by atoms with Crippen LogP contribution in [0.3, 0.4) is 0 Å². The van der Waals surface area contributed by atoms with Gasteiger partial charge in [-0.1, -0.05) is 0 Å². The monoisotopic (exact) mass is 442 g/mol. The normalized spacial score (nSPS) is 25.9. The van der Waals surface area contributed by atoms with Crippen LogP contribution in [0.5, 0.6) is 0 Å². The zero-order valence-corrected chi connectivity index (χ0v) is 20.5. The zero-order valence-electron chi connectivity index (χ0n) is 20.5. The predicted molar refractivity (Wildman–Crippen MR) is 120 cm³/mol. The Bertz CT molecular complexity index is 626. The molecule has 0 radical (unpaired) electrons. The Balaban J connectivity index is 2.10. The minimum atomic E-state index is -0.758. The lowest BCUT2D eigenvalue weighted by molar-refractivity contribution is -0.0829. The highest BCUT2D eigenvalue weighted by Crippen LogP contribution is 2.33. The van der Waals surface area contributed by atoms with Crippen molar-refractivity contribution in [2.75, 3.05) is 40.0 Å². The number of hydrogen-bond donors (Lipinski definition) is 2. The standard InChI is InChI=1S/C22H42N4O5/c1-9-23-18(25-15-22(28-8)10-12-29-13-11-22)24-14-17-16(2)30-21(6,7)26(17)19(27)31-20(3,4)5/h16-17H,9-15H2,1-8H3,(H2,23,24,25). The van der Waals surface area contributed by atoms with E-state index in [0.717, 1.165) is 19.4 Å². The molecule has 2 saturated heterocycles. The van der Waals surface area contributed by atoms with Gasteiger partial charge in [0.15, 0.2) is 5.96 Å². The zero-order chi connectivity index (χ0) is 23.3. The summed E-state index contributed by atoms with van der Waals surface area (Å²) < 4.78 is 23.0. The summed E-state index contributed by atoms with van der Waals surface area (Å²) in [6.45, 7) is 16.5. The third-order valence-corrected chi connectivity index (χ3v) is 5.70. The molecular formula is C22H42N4O5. The van der Waals surface area contributed by atoms with Gasteiger partial charge in [-0.15, -0.1) is 0 Å². The number of rotatable bonds is 6. The van der Waals surface area contributed by atoms with E-state index in [1.165, 1.54) is 0 Å². The molecule has 0 saturated carbocycles. The van der Waals surface area contributed by atoms with E-state index in [2.05, 4.69) is 10.6 Å². The largest absolute Gasteiger partial charge is 0.444 e. The molecule has 0 aliphatic carbocycles.